The second-order valence-electron chi connectivity index (χ2n) is 2.52. The molecule has 1 aromatic rings. The number of halogens is 1. The summed E-state index contributed by atoms with van der Waals surface area (Å²) in [4.78, 5) is 3.85. The molecule has 0 saturated heterocycles. The Morgan fingerprint density at radius 3 is 2.85 bits per heavy atom. The third-order valence-electron chi connectivity index (χ3n) is 1.43. The van der Waals surface area contributed by atoms with Crippen LogP contribution in [0.5, 0.6) is 0 Å². The fourth-order valence-corrected chi connectivity index (χ4v) is 1.74. The van der Waals surface area contributed by atoms with Crippen LogP contribution in [0.25, 0.3) is 0 Å². The number of anilines is 1. The van der Waals surface area contributed by atoms with Crippen LogP contribution in [-0.4, -0.2) is 18.1 Å². The number of aryl methyl sites for hydroxylation is 1. The van der Waals surface area contributed by atoms with Gasteiger partial charge in [0.15, 0.2) is 0 Å². The van der Waals surface area contributed by atoms with Gasteiger partial charge in [0.25, 0.3) is 0 Å². The van der Waals surface area contributed by atoms with Crippen molar-refractivity contribution in [3.8, 4) is 0 Å². The summed E-state index contributed by atoms with van der Waals surface area (Å²) in [5.74, 6) is 0. The minimum atomic E-state index is -3.26. The highest BCUT2D eigenvalue weighted by Gasteiger charge is 2.08. The maximum atomic E-state index is 11.1. The summed E-state index contributed by atoms with van der Waals surface area (Å²) < 4.78 is 24.6. The molecule has 13 heavy (non-hydrogen) atoms. The molecule has 0 amide bonds. The molecular weight excluding hydrogens is 256 g/mol. The average molecular weight is 265 g/mol. The van der Waals surface area contributed by atoms with E-state index in [-0.39, 0.29) is 4.66 Å². The van der Waals surface area contributed by atoms with E-state index in [2.05, 4.69) is 25.6 Å². The molecule has 0 atom stereocenters. The zero-order chi connectivity index (χ0) is 9.90. The van der Waals surface area contributed by atoms with Crippen molar-refractivity contribution in [3.63, 3.8) is 0 Å². The van der Waals surface area contributed by atoms with Crippen LogP contribution in [-0.2, 0) is 10.0 Å². The van der Waals surface area contributed by atoms with Gasteiger partial charge in [-0.05, 0) is 18.6 Å². The maximum Gasteiger partial charge on any atom is 0.242 e. The number of nitrogens with one attached hydrogen (secondary N) is 1. The molecule has 0 aliphatic rings. The molecule has 1 heterocycles. The normalized spacial score (nSPS) is 11.2. The summed E-state index contributed by atoms with van der Waals surface area (Å²) in [6.07, 6.45) is 3.14. The zero-order valence-corrected chi connectivity index (χ0v) is 9.39. The third kappa shape index (κ3) is 2.96. The van der Waals surface area contributed by atoms with Crippen LogP contribution in [0.4, 0.5) is 5.69 Å². The molecule has 0 bridgehead atoms. The van der Waals surface area contributed by atoms with Gasteiger partial charge in [-0.2, -0.15) is 0 Å². The van der Waals surface area contributed by atoms with E-state index in [1.54, 1.807) is 25.4 Å². The lowest BCUT2D eigenvalue weighted by Crippen LogP contribution is -2.13. The Balaban J connectivity index is 2.93. The first kappa shape index (κ1) is 10.5. The highest BCUT2D eigenvalue weighted by molar-refractivity contribution is 9.10. The first-order chi connectivity index (χ1) is 6.05. The van der Waals surface area contributed by atoms with Crippen LogP contribution in [0, 0.1) is 6.92 Å². The topological polar surface area (TPSA) is 59.1 Å². The zero-order valence-electron chi connectivity index (χ0n) is 6.99. The van der Waals surface area contributed by atoms with E-state index in [9.17, 15) is 8.42 Å². The van der Waals surface area contributed by atoms with Gasteiger partial charge in [-0.25, -0.2) is 8.42 Å². The molecule has 0 aliphatic heterocycles. The Bertz CT molecular complexity index is 391. The van der Waals surface area contributed by atoms with Gasteiger partial charge >= 0.3 is 0 Å². The Hall–Kier alpha value is -0.620. The first-order valence-electron chi connectivity index (χ1n) is 3.52. The Labute approximate surface area is 85.6 Å². The number of alkyl halides is 1. The fourth-order valence-electron chi connectivity index (χ4n) is 0.783. The van der Waals surface area contributed by atoms with Crippen LogP contribution in [0.1, 0.15) is 5.56 Å². The SMILES string of the molecule is Cc1cnccc1NS(=O)(=O)CBr. The second-order valence-corrected chi connectivity index (χ2v) is 5.54. The van der Waals surface area contributed by atoms with Crippen LogP contribution in [0.3, 0.4) is 0 Å². The highest BCUT2D eigenvalue weighted by atomic mass is 79.9. The van der Waals surface area contributed by atoms with Crippen molar-refractivity contribution >= 4 is 31.6 Å². The smallest absolute Gasteiger partial charge is 0.242 e. The minimum Gasteiger partial charge on any atom is -0.282 e. The number of rotatable bonds is 3. The summed E-state index contributed by atoms with van der Waals surface area (Å²) in [7, 11) is -3.26. The van der Waals surface area contributed by atoms with Crippen molar-refractivity contribution in [1.29, 1.82) is 0 Å². The van der Waals surface area contributed by atoms with Gasteiger partial charge in [0.2, 0.25) is 10.0 Å². The predicted octanol–water partition coefficient (Wildman–Crippen LogP) is 1.48. The van der Waals surface area contributed by atoms with Crippen LogP contribution in [0.15, 0.2) is 18.5 Å². The van der Waals surface area contributed by atoms with Gasteiger partial charge in [-0.3, -0.25) is 9.71 Å². The standard InChI is InChI=1S/C7H9BrN2O2S/c1-6-4-9-3-2-7(6)10-13(11,12)5-8/h2-4H,5H2,1H3,(H,9,10). The van der Waals surface area contributed by atoms with Crippen molar-refractivity contribution in [2.45, 2.75) is 6.92 Å². The number of aromatic nitrogens is 1. The summed E-state index contributed by atoms with van der Waals surface area (Å²) in [5.41, 5.74) is 1.36. The van der Waals surface area contributed by atoms with E-state index < -0.39 is 10.0 Å². The van der Waals surface area contributed by atoms with Gasteiger partial charge in [0, 0.05) is 12.4 Å². The summed E-state index contributed by atoms with van der Waals surface area (Å²) in [6, 6.07) is 1.62. The molecule has 0 aromatic carbocycles. The maximum absolute atomic E-state index is 11.1. The predicted molar refractivity (Wildman–Crippen MR) is 55.3 cm³/mol. The third-order valence-corrected chi connectivity index (χ3v) is 4.06. The second kappa shape index (κ2) is 4.06. The number of hydrogen-bond acceptors (Lipinski definition) is 3. The number of sulfonamides is 1. The molecule has 0 radical (unpaired) electrons. The van der Waals surface area contributed by atoms with E-state index in [1.165, 1.54) is 0 Å². The summed E-state index contributed by atoms with van der Waals surface area (Å²) in [5, 5.41) is 0. The summed E-state index contributed by atoms with van der Waals surface area (Å²) in [6.45, 7) is 1.79. The molecule has 1 N–H and O–H groups in total. The van der Waals surface area contributed by atoms with Crippen LogP contribution in [0.2, 0.25) is 0 Å². The van der Waals surface area contributed by atoms with Crippen molar-refractivity contribution < 1.29 is 8.42 Å². The molecule has 0 spiro atoms. The van der Waals surface area contributed by atoms with E-state index in [4.69, 9.17) is 0 Å². The van der Waals surface area contributed by atoms with E-state index >= 15 is 0 Å². The minimum absolute atomic E-state index is 0.109. The van der Waals surface area contributed by atoms with Crippen molar-refractivity contribution in [2.75, 3.05) is 9.38 Å². The largest absolute Gasteiger partial charge is 0.282 e. The Morgan fingerprint density at radius 2 is 2.31 bits per heavy atom. The Morgan fingerprint density at radius 1 is 1.62 bits per heavy atom. The monoisotopic (exact) mass is 264 g/mol. The molecule has 0 aliphatic carbocycles. The van der Waals surface area contributed by atoms with E-state index in [0.29, 0.717) is 5.69 Å². The molecule has 0 fully saturated rings. The molecule has 4 nitrogen and oxygen atoms in total. The van der Waals surface area contributed by atoms with Gasteiger partial charge < -0.3 is 0 Å². The van der Waals surface area contributed by atoms with Crippen LogP contribution < -0.4 is 4.72 Å². The quantitative estimate of drug-likeness (QED) is 0.842. The van der Waals surface area contributed by atoms with Crippen molar-refractivity contribution in [1.82, 2.24) is 4.98 Å². The highest BCUT2D eigenvalue weighted by Crippen LogP contribution is 2.13. The summed E-state index contributed by atoms with van der Waals surface area (Å²) >= 11 is 2.89. The Kier molecular flexibility index (Phi) is 3.27. The molecular formula is C7H9BrN2O2S. The molecule has 0 saturated carbocycles. The van der Waals surface area contributed by atoms with Gasteiger partial charge in [0.1, 0.15) is 4.66 Å². The fraction of sp³-hybridized carbons (Fsp3) is 0.286. The van der Waals surface area contributed by atoms with Crippen LogP contribution >= 0.6 is 15.9 Å². The average Bonchev–Trinajstić information content (AvgIpc) is 2.09. The number of hydrogen-bond donors (Lipinski definition) is 1. The van der Waals surface area contributed by atoms with Crippen molar-refractivity contribution in [2.24, 2.45) is 0 Å². The molecule has 6 heteroatoms. The number of nitrogens with zero attached hydrogens (tertiary/aromatic N) is 1. The lowest BCUT2D eigenvalue weighted by atomic mass is 10.3. The lowest BCUT2D eigenvalue weighted by molar-refractivity contribution is 0.606. The van der Waals surface area contributed by atoms with Gasteiger partial charge in [-0.15, -0.1) is 0 Å². The number of pyridine rings is 1. The van der Waals surface area contributed by atoms with E-state index in [1.807, 2.05) is 0 Å². The van der Waals surface area contributed by atoms with Gasteiger partial charge in [0.05, 0.1) is 5.69 Å². The first-order valence-corrected chi connectivity index (χ1v) is 6.29. The van der Waals surface area contributed by atoms with Crippen molar-refractivity contribution in [3.05, 3.63) is 24.0 Å². The van der Waals surface area contributed by atoms with E-state index in [0.717, 1.165) is 5.56 Å². The molecule has 0 unspecified atom stereocenters. The van der Waals surface area contributed by atoms with Gasteiger partial charge in [-0.1, -0.05) is 15.9 Å². The molecule has 1 aromatic heterocycles. The molecule has 72 valence electrons. The molecule has 1 rings (SSSR count). The lowest BCUT2D eigenvalue weighted by Gasteiger charge is -2.06.